The topological polar surface area (TPSA) is 106 Å². The van der Waals surface area contributed by atoms with Crippen LogP contribution in [0.25, 0.3) is 38.8 Å². The molecule has 3 heterocycles. The predicted molar refractivity (Wildman–Crippen MR) is 143 cm³/mol. The Kier molecular flexibility index (Phi) is 6.24. The summed E-state index contributed by atoms with van der Waals surface area (Å²) >= 11 is 0. The van der Waals surface area contributed by atoms with Crippen LogP contribution < -0.4 is 10.4 Å². The lowest BCUT2D eigenvalue weighted by atomic mass is 9.86. The Morgan fingerprint density at radius 2 is 1.81 bits per heavy atom. The Morgan fingerprint density at radius 1 is 1.03 bits per heavy atom. The maximum absolute atomic E-state index is 13.1. The zero-order chi connectivity index (χ0) is 26.2. The number of aromatic amines is 1. The molecule has 0 atom stereocenters. The van der Waals surface area contributed by atoms with Gasteiger partial charge in [0.15, 0.2) is 0 Å². The summed E-state index contributed by atoms with van der Waals surface area (Å²) in [6.07, 6.45) is 3.49. The Balaban J connectivity index is 1.64. The van der Waals surface area contributed by atoms with Crippen LogP contribution in [0.4, 0.5) is 0 Å². The second kappa shape index (κ2) is 9.52. The fraction of sp³-hybridized carbons (Fsp3) is 0.241. The third-order valence-electron chi connectivity index (χ3n) is 6.55. The molecule has 2 aromatic carbocycles. The van der Waals surface area contributed by atoms with E-state index >= 15 is 0 Å². The summed E-state index contributed by atoms with van der Waals surface area (Å²) in [5.74, 6) is 0.699. The molecule has 0 radical (unpaired) electrons. The second-order valence-corrected chi connectivity index (χ2v) is 9.45. The Labute approximate surface area is 214 Å². The third kappa shape index (κ3) is 4.46. The number of ether oxygens (including phenoxy) is 2. The Hall–Kier alpha value is -4.48. The van der Waals surface area contributed by atoms with Crippen LogP contribution in [0.15, 0.2) is 65.7 Å². The lowest BCUT2D eigenvalue weighted by Crippen LogP contribution is -2.16. The zero-order valence-corrected chi connectivity index (χ0v) is 21.2. The third-order valence-corrected chi connectivity index (χ3v) is 6.55. The van der Waals surface area contributed by atoms with E-state index in [1.54, 1.807) is 17.9 Å². The molecule has 0 aliphatic rings. The molecule has 0 amide bonds. The lowest BCUT2D eigenvalue weighted by Gasteiger charge is -2.16. The quantitative estimate of drug-likeness (QED) is 0.318. The van der Waals surface area contributed by atoms with Crippen LogP contribution in [-0.2, 0) is 10.2 Å². The number of rotatable bonds is 7. The highest BCUT2D eigenvalue weighted by molar-refractivity contribution is 6.04. The molecule has 0 unspecified atom stereocenters. The van der Waals surface area contributed by atoms with Crippen LogP contribution in [0.5, 0.6) is 5.75 Å². The van der Waals surface area contributed by atoms with Crippen molar-refractivity contribution in [2.24, 2.45) is 0 Å². The number of aryl methyl sites for hydroxylation is 1. The SMILES string of the molecule is COCCOc1cc(-c2ccc3ncc4[nH]c(=O)n(-c5ccc(C(C)(C)C#N)cc5)c4c3c2)cnc1C. The van der Waals surface area contributed by atoms with Crippen molar-refractivity contribution in [1.82, 2.24) is 19.5 Å². The minimum absolute atomic E-state index is 0.257. The van der Waals surface area contributed by atoms with Gasteiger partial charge in [0.05, 0.1) is 52.2 Å². The van der Waals surface area contributed by atoms with Crippen LogP contribution in [0.2, 0.25) is 0 Å². The molecule has 0 fully saturated rings. The van der Waals surface area contributed by atoms with Gasteiger partial charge in [0.2, 0.25) is 0 Å². The van der Waals surface area contributed by atoms with Crippen molar-refractivity contribution in [1.29, 1.82) is 5.26 Å². The molecule has 0 saturated carbocycles. The number of methoxy groups -OCH3 is 1. The van der Waals surface area contributed by atoms with Crippen LogP contribution in [-0.4, -0.2) is 39.8 Å². The van der Waals surface area contributed by atoms with E-state index in [9.17, 15) is 10.1 Å². The minimum Gasteiger partial charge on any atom is -0.489 e. The normalized spacial score (nSPS) is 11.6. The monoisotopic (exact) mass is 493 g/mol. The van der Waals surface area contributed by atoms with Gasteiger partial charge >= 0.3 is 5.69 Å². The molecule has 8 heteroatoms. The highest BCUT2D eigenvalue weighted by Gasteiger charge is 2.20. The van der Waals surface area contributed by atoms with Crippen LogP contribution in [0.1, 0.15) is 25.1 Å². The van der Waals surface area contributed by atoms with Gasteiger partial charge in [-0.2, -0.15) is 5.26 Å². The van der Waals surface area contributed by atoms with Crippen molar-refractivity contribution in [2.75, 3.05) is 20.3 Å². The fourth-order valence-corrected chi connectivity index (χ4v) is 4.35. The van der Waals surface area contributed by atoms with Gasteiger partial charge in [-0.05, 0) is 62.2 Å². The summed E-state index contributed by atoms with van der Waals surface area (Å²) in [6.45, 7) is 6.57. The molecule has 8 nitrogen and oxygen atoms in total. The van der Waals surface area contributed by atoms with Gasteiger partial charge in [0, 0.05) is 24.3 Å². The standard InChI is InChI=1S/C29H27N5O3/c1-18-26(37-12-11-36-4)14-20(15-31-18)19-5-10-24-23(13-19)27-25(16-32-24)33-28(35)34(27)22-8-6-21(7-9-22)29(2,3)17-30/h5-10,13-16H,11-12H2,1-4H3,(H,33,35). The van der Waals surface area contributed by atoms with E-state index in [2.05, 4.69) is 21.0 Å². The van der Waals surface area contributed by atoms with Gasteiger partial charge in [0.1, 0.15) is 12.4 Å². The molecule has 5 rings (SSSR count). The van der Waals surface area contributed by atoms with E-state index in [0.717, 1.165) is 38.8 Å². The summed E-state index contributed by atoms with van der Waals surface area (Å²) in [5, 5.41) is 10.3. The van der Waals surface area contributed by atoms with E-state index < -0.39 is 5.41 Å². The van der Waals surface area contributed by atoms with E-state index in [-0.39, 0.29) is 5.69 Å². The van der Waals surface area contributed by atoms with Gasteiger partial charge in [-0.25, -0.2) is 4.79 Å². The first-order valence-corrected chi connectivity index (χ1v) is 12.0. The first-order valence-electron chi connectivity index (χ1n) is 12.0. The molecule has 0 aliphatic carbocycles. The van der Waals surface area contributed by atoms with Crippen molar-refractivity contribution < 1.29 is 9.47 Å². The Morgan fingerprint density at radius 3 is 2.54 bits per heavy atom. The maximum atomic E-state index is 13.1. The number of aromatic nitrogens is 4. The number of pyridine rings is 2. The van der Waals surface area contributed by atoms with Crippen molar-refractivity contribution >= 4 is 21.9 Å². The lowest BCUT2D eigenvalue weighted by molar-refractivity contribution is 0.145. The molecular formula is C29H27N5O3. The molecule has 37 heavy (non-hydrogen) atoms. The van der Waals surface area contributed by atoms with E-state index in [1.807, 2.05) is 75.5 Å². The number of fused-ring (bicyclic) bond motifs is 3. The Bertz CT molecular complexity index is 1710. The van der Waals surface area contributed by atoms with Crippen molar-refractivity contribution in [2.45, 2.75) is 26.2 Å². The van der Waals surface area contributed by atoms with E-state index in [0.29, 0.717) is 30.2 Å². The molecule has 1 N–H and O–H groups in total. The average Bonchev–Trinajstić information content (AvgIpc) is 3.26. The molecular weight excluding hydrogens is 466 g/mol. The van der Waals surface area contributed by atoms with Crippen LogP contribution in [0.3, 0.4) is 0 Å². The number of benzene rings is 2. The highest BCUT2D eigenvalue weighted by atomic mass is 16.5. The average molecular weight is 494 g/mol. The summed E-state index contributed by atoms with van der Waals surface area (Å²) in [4.78, 5) is 25.1. The van der Waals surface area contributed by atoms with Crippen molar-refractivity contribution in [3.63, 3.8) is 0 Å². The maximum Gasteiger partial charge on any atom is 0.331 e. The van der Waals surface area contributed by atoms with Crippen molar-refractivity contribution in [3.05, 3.63) is 82.7 Å². The molecule has 186 valence electrons. The molecule has 5 aromatic rings. The molecule has 3 aromatic heterocycles. The smallest absolute Gasteiger partial charge is 0.331 e. The molecule has 0 aliphatic heterocycles. The number of hydrogen-bond acceptors (Lipinski definition) is 6. The van der Waals surface area contributed by atoms with Gasteiger partial charge < -0.3 is 14.5 Å². The number of imidazole rings is 1. The number of nitriles is 1. The highest BCUT2D eigenvalue weighted by Crippen LogP contribution is 2.31. The first kappa shape index (κ1) is 24.2. The summed E-state index contributed by atoms with van der Waals surface area (Å²) in [6, 6.07) is 17.7. The number of nitrogens with one attached hydrogen (secondary N) is 1. The number of nitrogens with zero attached hydrogens (tertiary/aromatic N) is 4. The van der Waals surface area contributed by atoms with Gasteiger partial charge in [-0.3, -0.25) is 14.5 Å². The number of hydrogen-bond donors (Lipinski definition) is 1. The molecule has 0 saturated heterocycles. The van der Waals surface area contributed by atoms with Crippen molar-refractivity contribution in [3.8, 4) is 28.6 Å². The molecule has 0 bridgehead atoms. The summed E-state index contributed by atoms with van der Waals surface area (Å²) in [7, 11) is 1.64. The largest absolute Gasteiger partial charge is 0.489 e. The molecule has 0 spiro atoms. The van der Waals surface area contributed by atoms with Gasteiger partial charge in [-0.15, -0.1) is 0 Å². The summed E-state index contributed by atoms with van der Waals surface area (Å²) < 4.78 is 12.6. The van der Waals surface area contributed by atoms with Crippen LogP contribution in [0, 0.1) is 18.3 Å². The first-order chi connectivity index (χ1) is 17.8. The van der Waals surface area contributed by atoms with E-state index in [4.69, 9.17) is 9.47 Å². The summed E-state index contributed by atoms with van der Waals surface area (Å²) in [5.41, 5.74) is 5.48. The zero-order valence-electron chi connectivity index (χ0n) is 21.2. The van der Waals surface area contributed by atoms with Gasteiger partial charge in [0.25, 0.3) is 0 Å². The fourth-order valence-electron chi connectivity index (χ4n) is 4.35. The van der Waals surface area contributed by atoms with Gasteiger partial charge in [-0.1, -0.05) is 18.2 Å². The predicted octanol–water partition coefficient (Wildman–Crippen LogP) is 5.06. The van der Waals surface area contributed by atoms with E-state index in [1.165, 1.54) is 0 Å². The number of H-pyrrole nitrogens is 1. The second-order valence-electron chi connectivity index (χ2n) is 9.45. The van der Waals surface area contributed by atoms with Crippen LogP contribution >= 0.6 is 0 Å². The minimum atomic E-state index is -0.622.